The molecule has 0 spiro atoms. The third-order valence-corrected chi connectivity index (χ3v) is 10.3. The number of nitrogens with zero attached hydrogens (tertiary/aromatic N) is 2. The fraction of sp³-hybridized carbons (Fsp3) is 0.128. The van der Waals surface area contributed by atoms with E-state index in [0.717, 1.165) is 23.0 Å². The molecule has 0 saturated carbocycles. The molecular weight excluding hydrogens is 593 g/mol. The Morgan fingerprint density at radius 3 is 2.49 bits per heavy atom. The summed E-state index contributed by atoms with van der Waals surface area (Å²) in [5.74, 6) is 0.421. The van der Waals surface area contributed by atoms with Gasteiger partial charge < -0.3 is 9.13 Å². The molecule has 2 nitrogen and oxygen atoms in total. The highest BCUT2D eigenvalue weighted by Gasteiger charge is 2.17. The van der Waals surface area contributed by atoms with Gasteiger partial charge >= 0.3 is 0 Å². The molecule has 236 valence electrons. The molecule has 0 bridgehead atoms. The minimum absolute atomic E-state index is 0.421. The molecule has 0 fully saturated rings. The summed E-state index contributed by atoms with van der Waals surface area (Å²) in [5.41, 5.74) is 14.8. The highest BCUT2D eigenvalue weighted by Crippen LogP contribution is 2.36. The molecule has 2 heterocycles. The largest absolute Gasteiger partial charge is 0.309 e. The minimum atomic E-state index is 0.421. The van der Waals surface area contributed by atoms with Gasteiger partial charge in [-0.3, -0.25) is 0 Å². The van der Waals surface area contributed by atoms with Crippen LogP contribution in [0.3, 0.4) is 0 Å². The van der Waals surface area contributed by atoms with E-state index in [-0.39, 0.29) is 0 Å². The molecule has 0 amide bonds. The maximum absolute atomic E-state index is 4.22. The molecule has 0 aliphatic heterocycles. The third kappa shape index (κ3) is 5.13. The van der Waals surface area contributed by atoms with E-state index in [1.165, 1.54) is 86.0 Å². The zero-order chi connectivity index (χ0) is 32.7. The molecule has 1 unspecified atom stereocenters. The van der Waals surface area contributed by atoms with Crippen LogP contribution in [0.1, 0.15) is 43.2 Å². The van der Waals surface area contributed by atoms with Crippen molar-refractivity contribution in [2.24, 2.45) is 5.92 Å². The van der Waals surface area contributed by atoms with Crippen molar-refractivity contribution in [3.05, 3.63) is 174 Å². The van der Waals surface area contributed by atoms with Crippen LogP contribution in [-0.4, -0.2) is 9.13 Å². The van der Waals surface area contributed by atoms with Gasteiger partial charge in [-0.05, 0) is 109 Å². The second-order valence-corrected chi connectivity index (χ2v) is 13.3. The van der Waals surface area contributed by atoms with Crippen molar-refractivity contribution in [1.29, 1.82) is 0 Å². The summed E-state index contributed by atoms with van der Waals surface area (Å²) in [5, 5.41) is 6.03. The summed E-state index contributed by atoms with van der Waals surface area (Å²) < 4.78 is 4.74. The maximum Gasteiger partial charge on any atom is 0.0977 e. The normalized spacial score (nSPS) is 17.4. The zero-order valence-corrected chi connectivity index (χ0v) is 27.6. The Kier molecular flexibility index (Phi) is 7.38. The van der Waals surface area contributed by atoms with Crippen LogP contribution in [0.5, 0.6) is 0 Å². The molecule has 49 heavy (non-hydrogen) atoms. The van der Waals surface area contributed by atoms with Crippen molar-refractivity contribution in [3.63, 3.8) is 0 Å². The summed E-state index contributed by atoms with van der Waals surface area (Å²) in [6.45, 7) is 4.22. The summed E-state index contributed by atoms with van der Waals surface area (Å²) in [4.78, 5) is 0. The molecule has 0 radical (unpaired) electrons. The first-order chi connectivity index (χ1) is 24.3. The molecular formula is C47H38N2. The lowest BCUT2D eigenvalue weighted by Crippen LogP contribution is -2.25. The van der Waals surface area contributed by atoms with Crippen LogP contribution in [0.2, 0.25) is 0 Å². The Morgan fingerprint density at radius 1 is 0.796 bits per heavy atom. The predicted molar refractivity (Wildman–Crippen MR) is 210 cm³/mol. The Bertz CT molecular complexity index is 2640. The monoisotopic (exact) mass is 630 g/mol. The highest BCUT2D eigenvalue weighted by atomic mass is 15.0. The van der Waals surface area contributed by atoms with E-state index < -0.39 is 0 Å². The van der Waals surface area contributed by atoms with E-state index in [9.17, 15) is 0 Å². The minimum Gasteiger partial charge on any atom is -0.309 e. The van der Waals surface area contributed by atoms with Crippen LogP contribution in [-0.2, 0) is 0 Å². The van der Waals surface area contributed by atoms with Crippen molar-refractivity contribution in [2.45, 2.75) is 32.1 Å². The van der Waals surface area contributed by atoms with Gasteiger partial charge in [-0.25, -0.2) is 0 Å². The predicted octanol–water partition coefficient (Wildman–Crippen LogP) is 10.7. The number of benzene rings is 4. The average Bonchev–Trinajstić information content (AvgIpc) is 3.83. The number of hydrogen-bond donors (Lipinski definition) is 0. The number of rotatable bonds is 7. The van der Waals surface area contributed by atoms with Crippen molar-refractivity contribution in [1.82, 2.24) is 9.13 Å². The zero-order valence-electron chi connectivity index (χ0n) is 27.6. The standard InChI is InChI=1S/C47H38N2/c1-2-38(21-13-17-33-15-5-3-6-16-33)48-44-25-11-10-24-41(44)43-31-37(32-47(43)48)36-27-28-46-42(30-36)40-23-9-12-26-45(40)49(46)39-22-14-20-35(29-39)34-18-7-4-8-19-34/h2-3,5-6,9-15,17-18,20-31,33H,1,4,7-8,16,19H2/b17-13?,38-21+. The molecule has 0 N–H and O–H groups in total. The maximum atomic E-state index is 4.22. The summed E-state index contributed by atoms with van der Waals surface area (Å²) in [7, 11) is 0. The number of para-hydroxylation sites is 2. The van der Waals surface area contributed by atoms with Gasteiger partial charge in [0.05, 0.1) is 21.9 Å². The van der Waals surface area contributed by atoms with Crippen molar-refractivity contribution in [3.8, 4) is 5.69 Å². The lowest BCUT2D eigenvalue weighted by Gasteiger charge is -2.15. The van der Waals surface area contributed by atoms with Crippen LogP contribution < -0.4 is 10.6 Å². The molecule has 1 atom stereocenters. The fourth-order valence-corrected chi connectivity index (χ4v) is 7.90. The molecule has 4 aromatic carbocycles. The molecule has 3 aliphatic rings. The Morgan fingerprint density at radius 2 is 1.65 bits per heavy atom. The van der Waals surface area contributed by atoms with E-state index in [1.807, 2.05) is 6.08 Å². The van der Waals surface area contributed by atoms with Crippen molar-refractivity contribution in [2.75, 3.05) is 0 Å². The quantitative estimate of drug-likeness (QED) is 0.155. The van der Waals surface area contributed by atoms with Gasteiger partial charge in [0.15, 0.2) is 0 Å². The summed E-state index contributed by atoms with van der Waals surface area (Å²) >= 11 is 0. The van der Waals surface area contributed by atoms with E-state index in [1.54, 1.807) is 0 Å². The van der Waals surface area contributed by atoms with Crippen molar-refractivity contribution >= 4 is 61.4 Å². The lowest BCUT2D eigenvalue weighted by atomic mass is 9.93. The molecule has 2 heteroatoms. The smallest absolute Gasteiger partial charge is 0.0977 e. The van der Waals surface area contributed by atoms with Gasteiger partial charge in [0.25, 0.3) is 0 Å². The first-order valence-corrected chi connectivity index (χ1v) is 17.6. The first kappa shape index (κ1) is 29.3. The Balaban J connectivity index is 1.18. The topological polar surface area (TPSA) is 9.86 Å². The highest BCUT2D eigenvalue weighted by molar-refractivity contribution is 6.11. The van der Waals surface area contributed by atoms with Crippen LogP contribution in [0.4, 0.5) is 0 Å². The van der Waals surface area contributed by atoms with Gasteiger partial charge in [-0.15, -0.1) is 0 Å². The summed E-state index contributed by atoms with van der Waals surface area (Å²) in [6, 6.07) is 33.5. The van der Waals surface area contributed by atoms with Gasteiger partial charge in [-0.2, -0.15) is 0 Å². The van der Waals surface area contributed by atoms with E-state index in [4.69, 9.17) is 0 Å². The molecule has 2 aromatic heterocycles. The Hall–Kier alpha value is -5.82. The second kappa shape index (κ2) is 12.3. The van der Waals surface area contributed by atoms with E-state index >= 15 is 0 Å². The number of fused-ring (bicyclic) bond motifs is 6. The SMILES string of the molecule is C=C/C(=C\C=CC1C=CC=CC1)n1c2c(c3ccccc31)=CC(c1ccc3c(c1)c1ccccc1n3-c1cccc(C3=CCCCC3)c1)=C=2. The number of hydrogen-bond acceptors (Lipinski definition) is 0. The van der Waals surface area contributed by atoms with E-state index in [0.29, 0.717) is 5.92 Å². The van der Waals surface area contributed by atoms with Crippen LogP contribution in [0.25, 0.3) is 67.0 Å². The first-order valence-electron chi connectivity index (χ1n) is 17.6. The van der Waals surface area contributed by atoms with E-state index in [2.05, 4.69) is 167 Å². The molecule has 9 rings (SSSR count). The third-order valence-electron chi connectivity index (χ3n) is 10.3. The second-order valence-electron chi connectivity index (χ2n) is 13.3. The average molecular weight is 631 g/mol. The van der Waals surface area contributed by atoms with Crippen LogP contribution in [0.15, 0.2) is 152 Å². The Labute approximate surface area is 287 Å². The van der Waals surface area contributed by atoms with Gasteiger partial charge in [-0.1, -0.05) is 109 Å². The van der Waals surface area contributed by atoms with Gasteiger partial charge in [0, 0.05) is 38.3 Å². The number of aromatic nitrogens is 2. The van der Waals surface area contributed by atoms with Crippen LogP contribution in [0, 0.1) is 5.92 Å². The summed E-state index contributed by atoms with van der Waals surface area (Å²) in [6.07, 6.45) is 28.0. The molecule has 3 aliphatic carbocycles. The lowest BCUT2D eigenvalue weighted by molar-refractivity contribution is 0.742. The molecule has 0 saturated heterocycles. The van der Waals surface area contributed by atoms with Crippen LogP contribution >= 0.6 is 0 Å². The fourth-order valence-electron chi connectivity index (χ4n) is 7.90. The molecule has 6 aromatic rings. The van der Waals surface area contributed by atoms with Gasteiger partial charge in [0.1, 0.15) is 0 Å². The number of allylic oxidation sites excluding steroid dienone is 12. The van der Waals surface area contributed by atoms with Crippen molar-refractivity contribution < 1.29 is 0 Å². The van der Waals surface area contributed by atoms with Gasteiger partial charge in [0.2, 0.25) is 0 Å².